The van der Waals surface area contributed by atoms with Gasteiger partial charge in [-0.25, -0.2) is 4.52 Å². The van der Waals surface area contributed by atoms with E-state index in [9.17, 15) is 9.59 Å². The highest BCUT2D eigenvalue weighted by molar-refractivity contribution is 6.06. The molecule has 0 radical (unpaired) electrons. The smallest absolute Gasteiger partial charge is 0.311 e. The number of carboxylic acids is 1. The summed E-state index contributed by atoms with van der Waals surface area (Å²) in [6.45, 7) is 5.61. The Balaban J connectivity index is 2.65. The van der Waals surface area contributed by atoms with Crippen molar-refractivity contribution >= 4 is 17.3 Å². The van der Waals surface area contributed by atoms with E-state index < -0.39 is 18.2 Å². The molecule has 0 saturated heterocycles. The molecule has 0 aliphatic carbocycles. The first kappa shape index (κ1) is 13.2. The number of carboxylic acid groups (broad SMARTS) is 1. The summed E-state index contributed by atoms with van der Waals surface area (Å²) < 4.78 is 1.62. The summed E-state index contributed by atoms with van der Waals surface area (Å²) in [7, 11) is 0. The number of aliphatic carboxylic acids is 1. The highest BCUT2D eigenvalue weighted by Gasteiger charge is 2.21. The molecule has 2 aromatic heterocycles. The first-order valence-corrected chi connectivity index (χ1v) is 6.04. The Hall–Kier alpha value is -2.24. The highest BCUT2D eigenvalue weighted by Crippen LogP contribution is 2.20. The number of aromatic nitrogens is 3. The molecule has 0 saturated carbocycles. The largest absolute Gasteiger partial charge is 0.481 e. The Kier molecular flexibility index (Phi) is 3.33. The quantitative estimate of drug-likeness (QED) is 0.667. The molecule has 2 heterocycles. The van der Waals surface area contributed by atoms with Crippen LogP contribution in [-0.4, -0.2) is 31.5 Å². The van der Waals surface area contributed by atoms with E-state index in [1.54, 1.807) is 10.7 Å². The number of Topliss-reactive ketones (excluding diaryl/α,β-unsaturated/α-hetero) is 1. The second kappa shape index (κ2) is 4.79. The first-order valence-electron chi connectivity index (χ1n) is 6.04. The van der Waals surface area contributed by atoms with Crippen LogP contribution in [0, 0.1) is 13.8 Å². The average molecular weight is 261 g/mol. The molecule has 100 valence electrons. The van der Waals surface area contributed by atoms with E-state index in [1.807, 2.05) is 20.8 Å². The SMILES string of the molecule is CCc1c(C(=O)CC(=O)O)nn2cc(C)nc(C)c12. The predicted molar refractivity (Wildman–Crippen MR) is 68.4 cm³/mol. The molecule has 0 bridgehead atoms. The first-order chi connectivity index (χ1) is 8.93. The van der Waals surface area contributed by atoms with Gasteiger partial charge in [-0.2, -0.15) is 5.10 Å². The van der Waals surface area contributed by atoms with E-state index in [1.165, 1.54) is 0 Å². The van der Waals surface area contributed by atoms with Gasteiger partial charge < -0.3 is 5.11 Å². The number of hydrogen-bond acceptors (Lipinski definition) is 4. The van der Waals surface area contributed by atoms with E-state index in [2.05, 4.69) is 10.1 Å². The van der Waals surface area contributed by atoms with Crippen LogP contribution in [0.2, 0.25) is 0 Å². The Morgan fingerprint density at radius 3 is 2.63 bits per heavy atom. The van der Waals surface area contributed by atoms with Crippen LogP contribution in [0.15, 0.2) is 6.20 Å². The van der Waals surface area contributed by atoms with E-state index >= 15 is 0 Å². The van der Waals surface area contributed by atoms with E-state index in [0.717, 1.165) is 22.5 Å². The Labute approximate surface area is 110 Å². The van der Waals surface area contributed by atoms with Crippen molar-refractivity contribution < 1.29 is 14.7 Å². The van der Waals surface area contributed by atoms with Crippen molar-refractivity contribution in [1.29, 1.82) is 0 Å². The topological polar surface area (TPSA) is 84.6 Å². The number of carbonyl (C=O) groups is 2. The zero-order valence-electron chi connectivity index (χ0n) is 11.1. The molecule has 2 rings (SSSR count). The third-order valence-corrected chi connectivity index (χ3v) is 2.93. The number of nitrogens with zero attached hydrogens (tertiary/aromatic N) is 3. The van der Waals surface area contributed by atoms with Crippen LogP contribution in [0.4, 0.5) is 0 Å². The van der Waals surface area contributed by atoms with Crippen LogP contribution in [-0.2, 0) is 11.2 Å². The Bertz CT molecular complexity index is 673. The van der Waals surface area contributed by atoms with Crippen LogP contribution >= 0.6 is 0 Å². The molecule has 1 N–H and O–H groups in total. The number of aryl methyl sites for hydroxylation is 3. The fourth-order valence-corrected chi connectivity index (χ4v) is 2.25. The van der Waals surface area contributed by atoms with Crippen LogP contribution in [0.5, 0.6) is 0 Å². The third kappa shape index (κ3) is 2.33. The lowest BCUT2D eigenvalue weighted by molar-refractivity contribution is -0.135. The summed E-state index contributed by atoms with van der Waals surface area (Å²) >= 11 is 0. The van der Waals surface area contributed by atoms with Crippen LogP contribution in [0.1, 0.15) is 40.8 Å². The van der Waals surface area contributed by atoms with Gasteiger partial charge in [0.15, 0.2) is 5.78 Å². The molecule has 2 aromatic rings. The zero-order valence-corrected chi connectivity index (χ0v) is 11.1. The lowest BCUT2D eigenvalue weighted by Crippen LogP contribution is -2.09. The summed E-state index contributed by atoms with van der Waals surface area (Å²) in [6.07, 6.45) is 1.80. The van der Waals surface area contributed by atoms with Gasteiger partial charge in [-0.15, -0.1) is 0 Å². The van der Waals surface area contributed by atoms with Crippen LogP contribution in [0.3, 0.4) is 0 Å². The molecule has 0 aromatic carbocycles. The number of hydrogen-bond donors (Lipinski definition) is 1. The van der Waals surface area contributed by atoms with Gasteiger partial charge in [0, 0.05) is 5.56 Å². The van der Waals surface area contributed by atoms with Crippen molar-refractivity contribution in [3.8, 4) is 0 Å². The van der Waals surface area contributed by atoms with Crippen molar-refractivity contribution in [1.82, 2.24) is 14.6 Å². The molecule has 0 aliphatic heterocycles. The fraction of sp³-hybridized carbons (Fsp3) is 0.385. The maximum absolute atomic E-state index is 11.9. The molecule has 19 heavy (non-hydrogen) atoms. The normalized spacial score (nSPS) is 10.9. The maximum Gasteiger partial charge on any atom is 0.311 e. The molecule has 0 spiro atoms. The van der Waals surface area contributed by atoms with Crippen LogP contribution in [0.25, 0.3) is 5.52 Å². The maximum atomic E-state index is 11.9. The highest BCUT2D eigenvalue weighted by atomic mass is 16.4. The molecule has 0 fully saturated rings. The minimum atomic E-state index is -1.14. The minimum Gasteiger partial charge on any atom is -0.481 e. The standard InChI is InChI=1S/C13H15N3O3/c1-4-9-12(10(17)5-11(18)19)15-16-6-7(2)14-8(3)13(9)16/h6H,4-5H2,1-3H3,(H,18,19). The van der Waals surface area contributed by atoms with E-state index in [4.69, 9.17) is 5.11 Å². The summed E-state index contributed by atoms with van der Waals surface area (Å²) in [5.41, 5.74) is 3.38. The molecule has 0 amide bonds. The summed E-state index contributed by atoms with van der Waals surface area (Å²) in [6, 6.07) is 0. The molecule has 0 atom stereocenters. The van der Waals surface area contributed by atoms with Crippen LogP contribution < -0.4 is 0 Å². The molecule has 6 nitrogen and oxygen atoms in total. The second-order valence-electron chi connectivity index (χ2n) is 4.44. The van der Waals surface area contributed by atoms with Crippen molar-refractivity contribution in [2.75, 3.05) is 0 Å². The van der Waals surface area contributed by atoms with Crippen molar-refractivity contribution in [3.63, 3.8) is 0 Å². The molecule has 6 heteroatoms. The van der Waals surface area contributed by atoms with Crippen molar-refractivity contribution in [3.05, 3.63) is 28.8 Å². The van der Waals surface area contributed by atoms with Gasteiger partial charge in [0.05, 0.1) is 23.1 Å². The minimum absolute atomic E-state index is 0.236. The lowest BCUT2D eigenvalue weighted by Gasteiger charge is -2.01. The second-order valence-corrected chi connectivity index (χ2v) is 4.44. The lowest BCUT2D eigenvalue weighted by atomic mass is 10.1. The fourth-order valence-electron chi connectivity index (χ4n) is 2.25. The van der Waals surface area contributed by atoms with Gasteiger partial charge in [0.25, 0.3) is 0 Å². The molecular formula is C13H15N3O3. The summed E-state index contributed by atoms with van der Waals surface area (Å²) in [5.74, 6) is -1.61. The van der Waals surface area contributed by atoms with Gasteiger partial charge in [0.1, 0.15) is 12.1 Å². The summed E-state index contributed by atoms with van der Waals surface area (Å²) in [4.78, 5) is 26.9. The van der Waals surface area contributed by atoms with Crippen molar-refractivity contribution in [2.24, 2.45) is 0 Å². The Morgan fingerprint density at radius 1 is 1.37 bits per heavy atom. The van der Waals surface area contributed by atoms with E-state index in [0.29, 0.717) is 6.42 Å². The monoisotopic (exact) mass is 261 g/mol. The number of fused-ring (bicyclic) bond motifs is 1. The summed E-state index contributed by atoms with van der Waals surface area (Å²) in [5, 5.41) is 12.9. The van der Waals surface area contributed by atoms with Crippen molar-refractivity contribution in [2.45, 2.75) is 33.6 Å². The third-order valence-electron chi connectivity index (χ3n) is 2.93. The van der Waals surface area contributed by atoms with Gasteiger partial charge in [-0.3, -0.25) is 14.6 Å². The molecule has 0 aliphatic rings. The van der Waals surface area contributed by atoms with Gasteiger partial charge in [-0.1, -0.05) is 6.92 Å². The zero-order chi connectivity index (χ0) is 14.2. The van der Waals surface area contributed by atoms with Gasteiger partial charge in [0.2, 0.25) is 0 Å². The average Bonchev–Trinajstić information content (AvgIpc) is 2.66. The predicted octanol–water partition coefficient (Wildman–Crippen LogP) is 1.57. The number of ketones is 1. The van der Waals surface area contributed by atoms with Gasteiger partial charge >= 0.3 is 5.97 Å². The van der Waals surface area contributed by atoms with Gasteiger partial charge in [-0.05, 0) is 20.3 Å². The van der Waals surface area contributed by atoms with E-state index in [-0.39, 0.29) is 5.69 Å². The number of carbonyl (C=O) groups excluding carboxylic acids is 1. The molecule has 0 unspecified atom stereocenters. The molecular weight excluding hydrogens is 246 g/mol. The Morgan fingerprint density at radius 2 is 2.05 bits per heavy atom. The number of rotatable bonds is 4.